The minimum atomic E-state index is 0.502. The van der Waals surface area contributed by atoms with Gasteiger partial charge in [-0.3, -0.25) is 0 Å². The Bertz CT molecular complexity index is 403. The third-order valence-corrected chi connectivity index (χ3v) is 2.21. The van der Waals surface area contributed by atoms with E-state index in [-0.39, 0.29) is 0 Å². The summed E-state index contributed by atoms with van der Waals surface area (Å²) in [5, 5.41) is 0. The topological polar surface area (TPSA) is 57.0 Å². The van der Waals surface area contributed by atoms with Gasteiger partial charge in [-0.05, 0) is 19.1 Å². The molecule has 2 N–H and O–H groups in total. The van der Waals surface area contributed by atoms with Crippen LogP contribution in [0.5, 0.6) is 0 Å². The molecule has 4 heteroatoms. The van der Waals surface area contributed by atoms with E-state index in [1.807, 2.05) is 12.1 Å². The molecule has 4 nitrogen and oxygen atoms in total. The van der Waals surface area contributed by atoms with Crippen LogP contribution in [-0.4, -0.2) is 9.55 Å². The molecule has 0 aliphatic carbocycles. The molecule has 0 atom stereocenters. The Labute approximate surface area is 82.4 Å². The highest BCUT2D eigenvalue weighted by atomic mass is 16.3. The maximum atomic E-state index is 5.60. The minimum absolute atomic E-state index is 0.502. The van der Waals surface area contributed by atoms with Crippen LogP contribution in [0, 0.1) is 0 Å². The molecule has 0 bridgehead atoms. The zero-order chi connectivity index (χ0) is 9.97. The second-order valence-corrected chi connectivity index (χ2v) is 3.00. The highest BCUT2D eigenvalue weighted by Gasteiger charge is 2.10. The summed E-state index contributed by atoms with van der Waals surface area (Å²) in [6.07, 6.45) is 3.44. The number of hydrogen-bond acceptors (Lipinski definition) is 3. The predicted octanol–water partition coefficient (Wildman–Crippen LogP) is 1.62. The zero-order valence-electron chi connectivity index (χ0n) is 8.10. The quantitative estimate of drug-likeness (QED) is 0.802. The normalized spacial score (nSPS) is 10.7. The van der Waals surface area contributed by atoms with Gasteiger partial charge in [0, 0.05) is 13.1 Å². The molecule has 0 aliphatic rings. The second-order valence-electron chi connectivity index (χ2n) is 3.00. The molecular formula is C10H13N3O. The Morgan fingerprint density at radius 1 is 1.57 bits per heavy atom. The van der Waals surface area contributed by atoms with Crippen molar-refractivity contribution in [3.8, 4) is 11.6 Å². The first-order valence-electron chi connectivity index (χ1n) is 4.65. The molecule has 2 aromatic rings. The lowest BCUT2D eigenvalue weighted by molar-refractivity contribution is 0.568. The summed E-state index contributed by atoms with van der Waals surface area (Å²) >= 11 is 0. The van der Waals surface area contributed by atoms with Crippen molar-refractivity contribution in [2.45, 2.75) is 20.0 Å². The monoisotopic (exact) mass is 191 g/mol. The van der Waals surface area contributed by atoms with Gasteiger partial charge in [-0.25, -0.2) is 4.98 Å². The van der Waals surface area contributed by atoms with E-state index < -0.39 is 0 Å². The van der Waals surface area contributed by atoms with Gasteiger partial charge in [-0.15, -0.1) is 0 Å². The highest BCUT2D eigenvalue weighted by molar-refractivity contribution is 5.47. The molecule has 0 unspecified atom stereocenters. The summed E-state index contributed by atoms with van der Waals surface area (Å²) < 4.78 is 7.35. The SMILES string of the molecule is CCn1c(CN)cnc1-c1ccco1. The Hall–Kier alpha value is -1.55. The van der Waals surface area contributed by atoms with E-state index in [1.54, 1.807) is 12.5 Å². The molecule has 0 amide bonds. The molecule has 2 aromatic heterocycles. The maximum Gasteiger partial charge on any atom is 0.176 e. The standard InChI is InChI=1S/C10H13N3O/c1-2-13-8(6-11)7-12-10(13)9-4-3-5-14-9/h3-5,7H,2,6,11H2,1H3. The number of aromatic nitrogens is 2. The van der Waals surface area contributed by atoms with E-state index in [0.29, 0.717) is 6.54 Å². The summed E-state index contributed by atoms with van der Waals surface area (Å²) in [6.45, 7) is 3.41. The molecule has 0 saturated carbocycles. The predicted molar refractivity (Wildman–Crippen MR) is 53.5 cm³/mol. The van der Waals surface area contributed by atoms with Crippen molar-refractivity contribution < 1.29 is 4.42 Å². The third-order valence-electron chi connectivity index (χ3n) is 2.21. The van der Waals surface area contributed by atoms with Crippen LogP contribution in [0.3, 0.4) is 0 Å². The lowest BCUT2D eigenvalue weighted by atomic mass is 10.4. The van der Waals surface area contributed by atoms with Crippen molar-refractivity contribution in [2.24, 2.45) is 5.73 Å². The number of nitrogens with zero attached hydrogens (tertiary/aromatic N) is 2. The summed E-state index contributed by atoms with van der Waals surface area (Å²) in [5.74, 6) is 1.63. The molecule has 0 saturated heterocycles. The smallest absolute Gasteiger partial charge is 0.176 e. The first kappa shape index (κ1) is 9.02. The van der Waals surface area contributed by atoms with Crippen LogP contribution >= 0.6 is 0 Å². The molecule has 14 heavy (non-hydrogen) atoms. The van der Waals surface area contributed by atoms with Crippen LogP contribution in [-0.2, 0) is 13.1 Å². The Balaban J connectivity index is 2.48. The molecule has 74 valence electrons. The Kier molecular flexibility index (Phi) is 2.37. The molecule has 0 aromatic carbocycles. The van der Waals surface area contributed by atoms with Crippen molar-refractivity contribution in [3.63, 3.8) is 0 Å². The van der Waals surface area contributed by atoms with E-state index in [0.717, 1.165) is 23.8 Å². The van der Waals surface area contributed by atoms with Gasteiger partial charge in [0.25, 0.3) is 0 Å². The van der Waals surface area contributed by atoms with Gasteiger partial charge in [0.05, 0.1) is 18.2 Å². The minimum Gasteiger partial charge on any atom is -0.461 e. The van der Waals surface area contributed by atoms with Gasteiger partial charge in [0.2, 0.25) is 0 Å². The summed E-state index contributed by atoms with van der Waals surface area (Å²) in [4.78, 5) is 4.29. The van der Waals surface area contributed by atoms with Gasteiger partial charge >= 0.3 is 0 Å². The fourth-order valence-electron chi connectivity index (χ4n) is 1.53. The number of nitrogens with two attached hydrogens (primary N) is 1. The lowest BCUT2D eigenvalue weighted by Gasteiger charge is -2.05. The van der Waals surface area contributed by atoms with E-state index >= 15 is 0 Å². The van der Waals surface area contributed by atoms with Crippen LogP contribution in [0.2, 0.25) is 0 Å². The van der Waals surface area contributed by atoms with Gasteiger partial charge in [0.15, 0.2) is 11.6 Å². The van der Waals surface area contributed by atoms with Crippen molar-refractivity contribution in [1.29, 1.82) is 0 Å². The highest BCUT2D eigenvalue weighted by Crippen LogP contribution is 2.19. The van der Waals surface area contributed by atoms with Crippen molar-refractivity contribution in [3.05, 3.63) is 30.3 Å². The average Bonchev–Trinajstić information content (AvgIpc) is 2.85. The lowest BCUT2D eigenvalue weighted by Crippen LogP contribution is -2.06. The summed E-state index contributed by atoms with van der Waals surface area (Å²) in [7, 11) is 0. The fraction of sp³-hybridized carbons (Fsp3) is 0.300. The second kappa shape index (κ2) is 3.67. The molecule has 0 spiro atoms. The molecule has 2 heterocycles. The first-order valence-corrected chi connectivity index (χ1v) is 4.65. The van der Waals surface area contributed by atoms with Crippen molar-refractivity contribution in [1.82, 2.24) is 9.55 Å². The number of rotatable bonds is 3. The van der Waals surface area contributed by atoms with Gasteiger partial charge in [-0.1, -0.05) is 0 Å². The van der Waals surface area contributed by atoms with E-state index in [4.69, 9.17) is 10.2 Å². The Morgan fingerprint density at radius 2 is 2.43 bits per heavy atom. The third kappa shape index (κ3) is 1.33. The Morgan fingerprint density at radius 3 is 3.00 bits per heavy atom. The van der Waals surface area contributed by atoms with Crippen LogP contribution in [0.25, 0.3) is 11.6 Å². The largest absolute Gasteiger partial charge is 0.461 e. The van der Waals surface area contributed by atoms with Crippen LogP contribution in [0.4, 0.5) is 0 Å². The van der Waals surface area contributed by atoms with E-state index in [2.05, 4.69) is 16.5 Å². The molecule has 0 fully saturated rings. The van der Waals surface area contributed by atoms with Gasteiger partial charge < -0.3 is 14.7 Å². The van der Waals surface area contributed by atoms with E-state index in [1.165, 1.54) is 0 Å². The maximum absolute atomic E-state index is 5.60. The fourth-order valence-corrected chi connectivity index (χ4v) is 1.53. The van der Waals surface area contributed by atoms with Gasteiger partial charge in [0.1, 0.15) is 0 Å². The number of furan rings is 1. The number of imidazole rings is 1. The molecule has 0 radical (unpaired) electrons. The van der Waals surface area contributed by atoms with Crippen LogP contribution in [0.1, 0.15) is 12.6 Å². The molecule has 2 rings (SSSR count). The van der Waals surface area contributed by atoms with Crippen LogP contribution < -0.4 is 5.73 Å². The van der Waals surface area contributed by atoms with Crippen molar-refractivity contribution >= 4 is 0 Å². The zero-order valence-corrected chi connectivity index (χ0v) is 8.10. The summed E-state index contributed by atoms with van der Waals surface area (Å²) in [6, 6.07) is 3.75. The number of hydrogen-bond donors (Lipinski definition) is 1. The van der Waals surface area contributed by atoms with E-state index in [9.17, 15) is 0 Å². The first-order chi connectivity index (χ1) is 6.86. The average molecular weight is 191 g/mol. The van der Waals surface area contributed by atoms with Crippen LogP contribution in [0.15, 0.2) is 29.0 Å². The van der Waals surface area contributed by atoms with Gasteiger partial charge in [-0.2, -0.15) is 0 Å². The molecular weight excluding hydrogens is 178 g/mol. The summed E-state index contributed by atoms with van der Waals surface area (Å²) in [5.41, 5.74) is 6.63. The van der Waals surface area contributed by atoms with Crippen molar-refractivity contribution in [2.75, 3.05) is 0 Å². The molecule has 0 aliphatic heterocycles.